The number of nitrogens with zero attached hydrogens (tertiary/aromatic N) is 3. The highest BCUT2D eigenvalue weighted by molar-refractivity contribution is 7.18. The smallest absolute Gasteiger partial charge is 0.319 e. The standard InChI is InChI=1S/C16H17F3N4OS/c1-15(2)11(16(17,18)19)8-9-23(15)14(24)20-13-22-21-12(25-13)10-6-4-3-5-7-10/h3-7,11H,8-9H2,1-2H3,(H,20,22,24). The SMILES string of the molecule is CC1(C)C(C(F)(F)F)CCN1C(=O)Nc1nnc(-c2ccccc2)s1. The van der Waals surface area contributed by atoms with Crippen LogP contribution in [0.5, 0.6) is 0 Å². The number of amides is 2. The molecule has 2 amide bonds. The third-order valence-electron chi connectivity index (χ3n) is 4.49. The number of hydrogen-bond acceptors (Lipinski definition) is 4. The number of benzene rings is 1. The fraction of sp³-hybridized carbons (Fsp3) is 0.438. The van der Waals surface area contributed by atoms with Gasteiger partial charge >= 0.3 is 12.2 Å². The maximum Gasteiger partial charge on any atom is 0.394 e. The number of carbonyl (C=O) groups is 1. The second-order valence-corrected chi connectivity index (χ2v) is 7.37. The summed E-state index contributed by atoms with van der Waals surface area (Å²) in [7, 11) is 0. The molecule has 0 spiro atoms. The zero-order chi connectivity index (χ0) is 18.2. The number of likely N-dealkylation sites (tertiary alicyclic amines) is 1. The lowest BCUT2D eigenvalue weighted by Crippen LogP contribution is -2.51. The molecule has 0 radical (unpaired) electrons. The van der Waals surface area contributed by atoms with Gasteiger partial charge in [0.05, 0.1) is 11.5 Å². The molecule has 1 atom stereocenters. The Kier molecular flexibility index (Phi) is 4.44. The van der Waals surface area contributed by atoms with Crippen LogP contribution in [0, 0.1) is 5.92 Å². The highest BCUT2D eigenvalue weighted by Gasteiger charge is 2.56. The van der Waals surface area contributed by atoms with Gasteiger partial charge in [0.25, 0.3) is 0 Å². The Labute approximate surface area is 146 Å². The summed E-state index contributed by atoms with van der Waals surface area (Å²) in [6, 6.07) is 8.73. The van der Waals surface area contributed by atoms with E-state index >= 15 is 0 Å². The molecule has 1 saturated heterocycles. The molecule has 9 heteroatoms. The van der Waals surface area contributed by atoms with Crippen LogP contribution in [0.1, 0.15) is 20.3 Å². The zero-order valence-electron chi connectivity index (χ0n) is 13.7. The molecule has 25 heavy (non-hydrogen) atoms. The van der Waals surface area contributed by atoms with Crippen LogP contribution in [0.25, 0.3) is 10.6 Å². The summed E-state index contributed by atoms with van der Waals surface area (Å²) in [5.41, 5.74) is -0.450. The van der Waals surface area contributed by atoms with Crippen LogP contribution in [-0.4, -0.2) is 39.4 Å². The number of anilines is 1. The van der Waals surface area contributed by atoms with Crippen LogP contribution >= 0.6 is 11.3 Å². The van der Waals surface area contributed by atoms with Gasteiger partial charge in [-0.2, -0.15) is 13.2 Å². The Morgan fingerprint density at radius 3 is 2.56 bits per heavy atom. The largest absolute Gasteiger partial charge is 0.394 e. The molecule has 134 valence electrons. The molecule has 1 N–H and O–H groups in total. The Morgan fingerprint density at radius 1 is 1.28 bits per heavy atom. The molecule has 5 nitrogen and oxygen atoms in total. The van der Waals surface area contributed by atoms with Crippen LogP contribution in [-0.2, 0) is 0 Å². The van der Waals surface area contributed by atoms with Gasteiger partial charge in [0.15, 0.2) is 0 Å². The van der Waals surface area contributed by atoms with Gasteiger partial charge in [-0.15, -0.1) is 10.2 Å². The zero-order valence-corrected chi connectivity index (χ0v) is 14.5. The molecule has 2 aromatic rings. The first-order valence-electron chi connectivity index (χ1n) is 7.74. The highest BCUT2D eigenvalue weighted by atomic mass is 32.1. The van der Waals surface area contributed by atoms with Gasteiger partial charge in [-0.25, -0.2) is 4.79 Å². The van der Waals surface area contributed by atoms with Gasteiger partial charge in [-0.3, -0.25) is 5.32 Å². The Balaban J connectivity index is 1.72. The summed E-state index contributed by atoms with van der Waals surface area (Å²) in [5.74, 6) is -1.54. The lowest BCUT2D eigenvalue weighted by molar-refractivity contribution is -0.189. The number of rotatable bonds is 2. The van der Waals surface area contributed by atoms with Crippen molar-refractivity contribution in [1.29, 1.82) is 0 Å². The second kappa shape index (κ2) is 6.29. The number of carbonyl (C=O) groups excluding carboxylic acids is 1. The van der Waals surface area contributed by atoms with E-state index in [2.05, 4.69) is 15.5 Å². The normalized spacial score (nSPS) is 19.9. The van der Waals surface area contributed by atoms with E-state index in [9.17, 15) is 18.0 Å². The minimum atomic E-state index is -4.33. The molecule has 1 fully saturated rings. The topological polar surface area (TPSA) is 58.1 Å². The quantitative estimate of drug-likeness (QED) is 0.852. The predicted molar refractivity (Wildman–Crippen MR) is 89.3 cm³/mol. The Bertz CT molecular complexity index is 760. The average molecular weight is 370 g/mol. The van der Waals surface area contributed by atoms with Crippen molar-refractivity contribution in [3.63, 3.8) is 0 Å². The Morgan fingerprint density at radius 2 is 1.96 bits per heavy atom. The lowest BCUT2D eigenvalue weighted by Gasteiger charge is -2.36. The van der Waals surface area contributed by atoms with E-state index < -0.39 is 23.7 Å². The van der Waals surface area contributed by atoms with Crippen molar-refractivity contribution in [3.05, 3.63) is 30.3 Å². The van der Waals surface area contributed by atoms with Crippen LogP contribution in [0.15, 0.2) is 30.3 Å². The molecule has 1 aromatic heterocycles. The van der Waals surface area contributed by atoms with Crippen molar-refractivity contribution in [2.45, 2.75) is 32.0 Å². The molecule has 2 heterocycles. The van der Waals surface area contributed by atoms with E-state index in [0.717, 1.165) is 5.56 Å². The van der Waals surface area contributed by atoms with Crippen LogP contribution < -0.4 is 5.32 Å². The minimum Gasteiger partial charge on any atom is -0.319 e. The second-order valence-electron chi connectivity index (χ2n) is 6.40. The Hall–Kier alpha value is -2.16. The van der Waals surface area contributed by atoms with Crippen molar-refractivity contribution in [2.24, 2.45) is 5.92 Å². The first-order chi connectivity index (χ1) is 11.7. The summed E-state index contributed by atoms with van der Waals surface area (Å²) < 4.78 is 39.4. The van der Waals surface area contributed by atoms with Gasteiger partial charge in [-0.1, -0.05) is 41.7 Å². The van der Waals surface area contributed by atoms with Crippen molar-refractivity contribution < 1.29 is 18.0 Å². The van der Waals surface area contributed by atoms with Crippen molar-refractivity contribution in [2.75, 3.05) is 11.9 Å². The van der Waals surface area contributed by atoms with Gasteiger partial charge < -0.3 is 4.90 Å². The number of halogens is 3. The van der Waals surface area contributed by atoms with Crippen molar-refractivity contribution in [1.82, 2.24) is 15.1 Å². The summed E-state index contributed by atoms with van der Waals surface area (Å²) >= 11 is 1.18. The number of urea groups is 1. The predicted octanol–water partition coefficient (Wildman–Crippen LogP) is 4.40. The van der Waals surface area contributed by atoms with Gasteiger partial charge in [0, 0.05) is 12.1 Å². The van der Waals surface area contributed by atoms with E-state index in [4.69, 9.17) is 0 Å². The van der Waals surface area contributed by atoms with Gasteiger partial charge in [-0.05, 0) is 20.3 Å². The number of nitrogens with one attached hydrogen (secondary N) is 1. The molecule has 3 rings (SSSR count). The molecule has 1 unspecified atom stereocenters. The van der Waals surface area contributed by atoms with Gasteiger partial charge in [0.1, 0.15) is 5.01 Å². The first kappa shape index (κ1) is 17.7. The molecule has 1 aromatic carbocycles. The molecule has 0 saturated carbocycles. The average Bonchev–Trinajstić information content (AvgIpc) is 3.11. The third kappa shape index (κ3) is 3.46. The monoisotopic (exact) mass is 370 g/mol. The molecule has 0 bridgehead atoms. The molecule has 0 aliphatic carbocycles. The van der Waals surface area contributed by atoms with E-state index in [-0.39, 0.29) is 18.1 Å². The maximum atomic E-state index is 13.1. The van der Waals surface area contributed by atoms with E-state index in [0.29, 0.717) is 5.01 Å². The van der Waals surface area contributed by atoms with Gasteiger partial charge in [0.2, 0.25) is 5.13 Å². The third-order valence-corrected chi connectivity index (χ3v) is 5.38. The maximum absolute atomic E-state index is 13.1. The highest BCUT2D eigenvalue weighted by Crippen LogP contribution is 2.44. The first-order valence-corrected chi connectivity index (χ1v) is 8.55. The number of alkyl halides is 3. The minimum absolute atomic E-state index is 0.0490. The summed E-state index contributed by atoms with van der Waals surface area (Å²) in [4.78, 5) is 13.7. The van der Waals surface area contributed by atoms with Crippen LogP contribution in [0.4, 0.5) is 23.1 Å². The summed E-state index contributed by atoms with van der Waals surface area (Å²) in [5, 5.41) is 11.4. The summed E-state index contributed by atoms with van der Waals surface area (Å²) in [6.07, 6.45) is -4.43. The van der Waals surface area contributed by atoms with Crippen molar-refractivity contribution in [3.8, 4) is 10.6 Å². The molecular weight excluding hydrogens is 353 g/mol. The number of hydrogen-bond donors (Lipinski definition) is 1. The summed E-state index contributed by atoms with van der Waals surface area (Å²) in [6.45, 7) is 2.92. The molecule has 1 aliphatic rings. The van der Waals surface area contributed by atoms with Crippen molar-refractivity contribution >= 4 is 22.5 Å². The fourth-order valence-corrected chi connectivity index (χ4v) is 3.88. The lowest BCUT2D eigenvalue weighted by atomic mass is 9.88. The van der Waals surface area contributed by atoms with Crippen LogP contribution in [0.3, 0.4) is 0 Å². The van der Waals surface area contributed by atoms with E-state index in [1.165, 1.54) is 30.1 Å². The van der Waals surface area contributed by atoms with E-state index in [1.807, 2.05) is 30.3 Å². The van der Waals surface area contributed by atoms with E-state index in [1.54, 1.807) is 0 Å². The fourth-order valence-electron chi connectivity index (χ4n) is 3.15. The number of aromatic nitrogens is 2. The molecular formula is C16H17F3N4OS. The van der Waals surface area contributed by atoms with Crippen LogP contribution in [0.2, 0.25) is 0 Å². The molecule has 1 aliphatic heterocycles.